The molecule has 6 aliphatic rings. The van der Waals surface area contributed by atoms with Crippen molar-refractivity contribution in [2.75, 3.05) is 0 Å². The highest BCUT2D eigenvalue weighted by atomic mass is 16.6. The predicted molar refractivity (Wildman–Crippen MR) is 179 cm³/mol. The van der Waals surface area contributed by atoms with Crippen molar-refractivity contribution in [1.82, 2.24) is 0 Å². The lowest BCUT2D eigenvalue weighted by Gasteiger charge is -2.62. The Bertz CT molecular complexity index is 1700. The summed E-state index contributed by atoms with van der Waals surface area (Å²) in [7, 11) is 0. The third-order valence-electron chi connectivity index (χ3n) is 11.5. The van der Waals surface area contributed by atoms with Crippen molar-refractivity contribution in [1.29, 1.82) is 0 Å². The van der Waals surface area contributed by atoms with Crippen LogP contribution in [0, 0.1) is 23.7 Å². The molecule has 0 aromatic heterocycles. The van der Waals surface area contributed by atoms with Gasteiger partial charge in [0.2, 0.25) is 0 Å². The van der Waals surface area contributed by atoms with Crippen LogP contribution < -0.4 is 9.47 Å². The number of Topliss-reactive ketones (excluding diaryl/α,β-unsaturated/α-hetero) is 2. The Kier molecular flexibility index (Phi) is 7.74. The van der Waals surface area contributed by atoms with E-state index in [1.807, 2.05) is 59.8 Å². The Morgan fingerprint density at radius 3 is 2.32 bits per heavy atom. The molecule has 1 saturated heterocycles. The molecule has 3 aliphatic carbocycles. The van der Waals surface area contributed by atoms with Gasteiger partial charge in [0.05, 0.1) is 17.1 Å². The quantitative estimate of drug-likeness (QED) is 0.220. The summed E-state index contributed by atoms with van der Waals surface area (Å²) < 4.78 is 20.9. The molecule has 4 fully saturated rings. The molecule has 7 unspecified atom stereocenters. The molecular weight excluding hydrogens is 596 g/mol. The fraction of sp³-hybridized carbons (Fsp3) is 0.564. The molecule has 1 aromatic rings. The minimum absolute atomic E-state index is 0.0336. The Morgan fingerprint density at radius 1 is 1.00 bits per heavy atom. The number of rotatable bonds is 8. The normalized spacial score (nSPS) is 34.1. The molecule has 3 saturated carbocycles. The monoisotopic (exact) mass is 644 g/mol. The number of phenolic OH excluding ortho intramolecular Hbond substituents is 1. The fourth-order valence-electron chi connectivity index (χ4n) is 9.14. The molecule has 8 nitrogen and oxygen atoms in total. The molecule has 4 bridgehead atoms. The fourth-order valence-corrected chi connectivity index (χ4v) is 9.14. The largest absolute Gasteiger partial charge is 0.506 e. The maximum absolute atomic E-state index is 15.0. The van der Waals surface area contributed by atoms with Crippen molar-refractivity contribution in [2.45, 2.75) is 117 Å². The zero-order valence-corrected chi connectivity index (χ0v) is 29.1. The van der Waals surface area contributed by atoms with Crippen LogP contribution in [0.15, 0.2) is 41.0 Å². The van der Waals surface area contributed by atoms with Gasteiger partial charge in [0.15, 0.2) is 22.8 Å². The minimum Gasteiger partial charge on any atom is -0.506 e. The van der Waals surface area contributed by atoms with Gasteiger partial charge in [-0.2, -0.15) is 0 Å². The summed E-state index contributed by atoms with van der Waals surface area (Å²) in [6.45, 7) is 17.4. The highest BCUT2D eigenvalue weighted by molar-refractivity contribution is 6.10. The van der Waals surface area contributed by atoms with E-state index in [1.165, 1.54) is 18.6 Å². The van der Waals surface area contributed by atoms with E-state index in [1.54, 1.807) is 0 Å². The molecule has 3 aliphatic heterocycles. The van der Waals surface area contributed by atoms with Crippen molar-refractivity contribution >= 4 is 23.6 Å². The van der Waals surface area contributed by atoms with Gasteiger partial charge in [0.25, 0.3) is 0 Å². The van der Waals surface area contributed by atoms with Crippen LogP contribution in [-0.4, -0.2) is 50.2 Å². The van der Waals surface area contributed by atoms with Gasteiger partial charge in [-0.1, -0.05) is 36.3 Å². The lowest BCUT2D eigenvalue weighted by Crippen LogP contribution is -2.78. The smallest absolute Gasteiger partial charge is 0.330 e. The Morgan fingerprint density at radius 2 is 1.68 bits per heavy atom. The van der Waals surface area contributed by atoms with Crippen LogP contribution in [0.1, 0.15) is 109 Å². The Balaban J connectivity index is 1.60. The number of ether oxygens (including phenoxy) is 3. The SMILES string of the molecule is CC(C)=CCCC1(C)C=Cc2c(O)c3c(c(CC=C(C)C)c2O1)OC12C(C3=O)C(C)C3CC1C(C)(C)OC2(C/C=C(/C)C(=O)O)C3=O. The third kappa shape index (κ3) is 4.68. The van der Waals surface area contributed by atoms with Gasteiger partial charge < -0.3 is 24.4 Å². The van der Waals surface area contributed by atoms with Gasteiger partial charge in [-0.25, -0.2) is 4.79 Å². The van der Waals surface area contributed by atoms with Gasteiger partial charge >= 0.3 is 5.97 Å². The van der Waals surface area contributed by atoms with E-state index < -0.39 is 40.2 Å². The molecule has 1 aromatic carbocycles. The first kappa shape index (κ1) is 33.3. The molecule has 252 valence electrons. The Hall–Kier alpha value is -3.65. The number of fused-ring (bicyclic) bond motifs is 2. The van der Waals surface area contributed by atoms with Crippen molar-refractivity contribution in [3.8, 4) is 17.2 Å². The maximum atomic E-state index is 15.0. The number of aromatic hydroxyl groups is 1. The third-order valence-corrected chi connectivity index (χ3v) is 11.5. The number of allylic oxidation sites excluding steroid dienone is 4. The first-order valence-corrected chi connectivity index (χ1v) is 16.9. The number of benzene rings is 1. The van der Waals surface area contributed by atoms with Crippen molar-refractivity contribution in [2.24, 2.45) is 23.7 Å². The average Bonchev–Trinajstić information content (AvgIpc) is 3.10. The molecule has 47 heavy (non-hydrogen) atoms. The van der Waals surface area contributed by atoms with Crippen molar-refractivity contribution in [3.63, 3.8) is 0 Å². The number of ketones is 2. The summed E-state index contributed by atoms with van der Waals surface area (Å²) in [6.07, 6.45) is 11.9. The van der Waals surface area contributed by atoms with Crippen LogP contribution in [-0.2, 0) is 20.7 Å². The van der Waals surface area contributed by atoms with Gasteiger partial charge in [0, 0.05) is 29.4 Å². The van der Waals surface area contributed by atoms with E-state index in [4.69, 9.17) is 14.2 Å². The van der Waals surface area contributed by atoms with E-state index >= 15 is 0 Å². The highest BCUT2D eigenvalue weighted by Crippen LogP contribution is 2.71. The molecule has 8 heteroatoms. The lowest BCUT2D eigenvalue weighted by molar-refractivity contribution is -0.209. The number of carbonyl (C=O) groups is 3. The van der Waals surface area contributed by atoms with E-state index in [0.29, 0.717) is 36.1 Å². The van der Waals surface area contributed by atoms with Gasteiger partial charge in [-0.15, -0.1) is 0 Å². The topological polar surface area (TPSA) is 119 Å². The summed E-state index contributed by atoms with van der Waals surface area (Å²) >= 11 is 0. The number of aliphatic carboxylic acids is 1. The van der Waals surface area contributed by atoms with E-state index in [9.17, 15) is 24.6 Å². The van der Waals surface area contributed by atoms with E-state index in [0.717, 1.165) is 12.0 Å². The molecule has 1 spiro atoms. The second-order valence-electron chi connectivity index (χ2n) is 15.6. The molecular formula is C39H48O8. The summed E-state index contributed by atoms with van der Waals surface area (Å²) in [5, 5.41) is 21.6. The average molecular weight is 645 g/mol. The van der Waals surface area contributed by atoms with Crippen LogP contribution in [0.4, 0.5) is 0 Å². The van der Waals surface area contributed by atoms with E-state index in [2.05, 4.69) is 19.9 Å². The minimum atomic E-state index is -1.58. The van der Waals surface area contributed by atoms with Crippen molar-refractivity contribution in [3.05, 3.63) is 57.7 Å². The number of carbonyl (C=O) groups excluding carboxylic acids is 2. The van der Waals surface area contributed by atoms with Crippen LogP contribution in [0.2, 0.25) is 0 Å². The number of phenols is 1. The summed E-state index contributed by atoms with van der Waals surface area (Å²) in [5.41, 5.74) is -0.908. The number of carboxylic acids is 1. The number of hydrogen-bond acceptors (Lipinski definition) is 7. The molecule has 7 atom stereocenters. The first-order valence-electron chi connectivity index (χ1n) is 16.9. The zero-order valence-electron chi connectivity index (χ0n) is 29.1. The van der Waals surface area contributed by atoms with Crippen LogP contribution in [0.25, 0.3) is 6.08 Å². The van der Waals surface area contributed by atoms with Crippen LogP contribution in [0.5, 0.6) is 17.2 Å². The summed E-state index contributed by atoms with van der Waals surface area (Å²) in [6, 6.07) is 0. The number of carboxylic acid groups (broad SMARTS) is 1. The van der Waals surface area contributed by atoms with E-state index in [-0.39, 0.29) is 52.5 Å². The van der Waals surface area contributed by atoms with Gasteiger partial charge in [0.1, 0.15) is 28.4 Å². The molecule has 3 heterocycles. The van der Waals surface area contributed by atoms with Crippen LogP contribution >= 0.6 is 0 Å². The Labute approximate surface area is 277 Å². The zero-order chi connectivity index (χ0) is 34.4. The molecule has 7 rings (SSSR count). The summed E-state index contributed by atoms with van der Waals surface area (Å²) in [5.74, 6) is -2.92. The highest BCUT2D eigenvalue weighted by Gasteiger charge is 2.84. The van der Waals surface area contributed by atoms with Crippen LogP contribution in [0.3, 0.4) is 0 Å². The molecule has 0 radical (unpaired) electrons. The second kappa shape index (κ2) is 10.9. The maximum Gasteiger partial charge on any atom is 0.330 e. The first-order chi connectivity index (χ1) is 21.9. The number of hydrogen-bond donors (Lipinski definition) is 2. The van der Waals surface area contributed by atoms with Gasteiger partial charge in [-0.3, -0.25) is 9.59 Å². The molecule has 0 amide bonds. The summed E-state index contributed by atoms with van der Waals surface area (Å²) in [4.78, 5) is 41.4. The standard InChI is InChI=1S/C39H48O8/c1-20(2)11-10-16-37(9)17-15-24-30(40)28-31(41)29-23(6)26-19-27-36(7,8)47-38(34(26)42,18-14-22(5)35(43)44)39(27,29)46-33(28)25(32(24)45-37)13-12-21(3)4/h11-12,14-15,17,23,26-27,29,40H,10,13,16,18-19H2,1-9H3,(H,43,44)/b22-14-. The van der Waals surface area contributed by atoms with Gasteiger partial charge in [-0.05, 0) is 99.1 Å². The van der Waals surface area contributed by atoms with Crippen molar-refractivity contribution < 1.29 is 38.8 Å². The molecule has 2 N–H and O–H groups in total. The second-order valence-corrected chi connectivity index (χ2v) is 15.6. The lowest BCUT2D eigenvalue weighted by atomic mass is 9.43. The predicted octanol–water partition coefficient (Wildman–Crippen LogP) is 7.57.